The zero-order valence-corrected chi connectivity index (χ0v) is 11.0. The molecular weight excluding hydrogens is 256 g/mol. The molecule has 1 aromatic carbocycles. The molecule has 0 amide bonds. The molecule has 0 aliphatic heterocycles. The highest BCUT2D eigenvalue weighted by molar-refractivity contribution is 9.10. The van der Waals surface area contributed by atoms with E-state index in [0.29, 0.717) is 0 Å². The van der Waals surface area contributed by atoms with Crippen LogP contribution in [0.15, 0.2) is 28.1 Å². The van der Waals surface area contributed by atoms with Crippen LogP contribution in [0.5, 0.6) is 0 Å². The van der Waals surface area contributed by atoms with E-state index < -0.39 is 0 Å². The minimum Gasteiger partial charge on any atom is -0.143 e. The van der Waals surface area contributed by atoms with Crippen LogP contribution in [0, 0.1) is 0 Å². The topological polar surface area (TPSA) is 0 Å². The van der Waals surface area contributed by atoms with E-state index in [1.54, 1.807) is 11.3 Å². The average Bonchev–Trinajstić information content (AvgIpc) is 2.46. The Balaban J connectivity index is 2.66. The van der Waals surface area contributed by atoms with Crippen LogP contribution < -0.4 is 0 Å². The molecule has 74 valence electrons. The quantitative estimate of drug-likeness (QED) is 0.634. The van der Waals surface area contributed by atoms with Crippen molar-refractivity contribution in [2.45, 2.75) is 26.2 Å². The molecule has 0 spiro atoms. The highest BCUT2D eigenvalue weighted by atomic mass is 79.9. The number of rotatable bonds is 0. The van der Waals surface area contributed by atoms with Crippen LogP contribution >= 0.6 is 27.3 Å². The number of thiophene rings is 1. The third-order valence-corrected chi connectivity index (χ3v) is 4.31. The van der Waals surface area contributed by atoms with Crippen LogP contribution in [-0.2, 0) is 5.41 Å². The first-order chi connectivity index (χ1) is 6.48. The Kier molecular flexibility index (Phi) is 2.44. The SMILES string of the molecule is CC(C)(C)c1ccc2scc(Br)c2c1. The Morgan fingerprint density at radius 3 is 2.57 bits per heavy atom. The van der Waals surface area contributed by atoms with Crippen molar-refractivity contribution >= 4 is 37.4 Å². The Bertz CT molecular complexity index is 463. The van der Waals surface area contributed by atoms with Gasteiger partial charge in [-0.15, -0.1) is 11.3 Å². The van der Waals surface area contributed by atoms with Gasteiger partial charge < -0.3 is 0 Å². The maximum atomic E-state index is 3.58. The molecule has 0 nitrogen and oxygen atoms in total. The van der Waals surface area contributed by atoms with E-state index in [1.165, 1.54) is 20.1 Å². The van der Waals surface area contributed by atoms with Gasteiger partial charge in [-0.1, -0.05) is 26.8 Å². The van der Waals surface area contributed by atoms with Gasteiger partial charge in [0.05, 0.1) is 0 Å². The van der Waals surface area contributed by atoms with E-state index in [9.17, 15) is 0 Å². The lowest BCUT2D eigenvalue weighted by Gasteiger charge is -2.18. The van der Waals surface area contributed by atoms with Crippen LogP contribution in [0.25, 0.3) is 10.1 Å². The van der Waals surface area contributed by atoms with Crippen molar-refractivity contribution in [3.05, 3.63) is 33.6 Å². The molecule has 14 heavy (non-hydrogen) atoms. The van der Waals surface area contributed by atoms with E-state index in [1.807, 2.05) is 0 Å². The first-order valence-corrected chi connectivity index (χ1v) is 6.33. The molecule has 0 unspecified atom stereocenters. The summed E-state index contributed by atoms with van der Waals surface area (Å²) in [6.45, 7) is 6.73. The lowest BCUT2D eigenvalue weighted by molar-refractivity contribution is 0.591. The Hall–Kier alpha value is -0.340. The first kappa shape index (κ1) is 10.2. The van der Waals surface area contributed by atoms with E-state index >= 15 is 0 Å². The average molecular weight is 269 g/mol. The van der Waals surface area contributed by atoms with Crippen molar-refractivity contribution in [3.63, 3.8) is 0 Å². The lowest BCUT2D eigenvalue weighted by atomic mass is 9.87. The van der Waals surface area contributed by atoms with Gasteiger partial charge in [-0.05, 0) is 39.0 Å². The molecule has 0 fully saturated rings. The predicted molar refractivity (Wildman–Crippen MR) is 68.2 cm³/mol. The van der Waals surface area contributed by atoms with Crippen molar-refractivity contribution in [3.8, 4) is 0 Å². The van der Waals surface area contributed by atoms with Gasteiger partial charge in [-0.25, -0.2) is 0 Å². The lowest BCUT2D eigenvalue weighted by Crippen LogP contribution is -2.10. The summed E-state index contributed by atoms with van der Waals surface area (Å²) in [7, 11) is 0. The molecule has 2 aromatic rings. The van der Waals surface area contributed by atoms with Crippen molar-refractivity contribution in [2.75, 3.05) is 0 Å². The third kappa shape index (κ3) is 1.73. The number of fused-ring (bicyclic) bond motifs is 1. The predicted octanol–water partition coefficient (Wildman–Crippen LogP) is 4.96. The van der Waals surface area contributed by atoms with Crippen molar-refractivity contribution in [1.29, 1.82) is 0 Å². The number of halogens is 1. The maximum Gasteiger partial charge on any atom is 0.0361 e. The summed E-state index contributed by atoms with van der Waals surface area (Å²) in [6.07, 6.45) is 0. The zero-order chi connectivity index (χ0) is 10.3. The summed E-state index contributed by atoms with van der Waals surface area (Å²) in [5.74, 6) is 0. The Labute approximate surface area is 97.1 Å². The Morgan fingerprint density at radius 1 is 1.21 bits per heavy atom. The summed E-state index contributed by atoms with van der Waals surface area (Å²) < 4.78 is 2.56. The molecule has 1 aromatic heterocycles. The number of benzene rings is 1. The monoisotopic (exact) mass is 268 g/mol. The molecule has 0 saturated heterocycles. The second-order valence-corrected chi connectivity index (χ2v) is 6.31. The van der Waals surface area contributed by atoms with Crippen molar-refractivity contribution in [2.24, 2.45) is 0 Å². The van der Waals surface area contributed by atoms with Gasteiger partial charge in [0.2, 0.25) is 0 Å². The fourth-order valence-electron chi connectivity index (χ4n) is 1.46. The van der Waals surface area contributed by atoms with Crippen LogP contribution in [0.3, 0.4) is 0 Å². The fraction of sp³-hybridized carbons (Fsp3) is 0.333. The Morgan fingerprint density at radius 2 is 1.93 bits per heavy atom. The van der Waals surface area contributed by atoms with Gasteiger partial charge in [0.1, 0.15) is 0 Å². The molecule has 0 radical (unpaired) electrons. The number of hydrogen-bond donors (Lipinski definition) is 0. The molecule has 1 heterocycles. The third-order valence-electron chi connectivity index (χ3n) is 2.39. The standard InChI is InChI=1S/C12H13BrS/c1-12(2,3)8-4-5-11-9(6-8)10(13)7-14-11/h4-7H,1-3H3. The van der Waals surface area contributed by atoms with E-state index in [-0.39, 0.29) is 5.41 Å². The van der Waals surface area contributed by atoms with Gasteiger partial charge in [-0.3, -0.25) is 0 Å². The smallest absolute Gasteiger partial charge is 0.0361 e. The normalized spacial score (nSPS) is 12.3. The molecule has 0 atom stereocenters. The van der Waals surface area contributed by atoms with Crippen LogP contribution in [0.4, 0.5) is 0 Å². The second kappa shape index (κ2) is 3.35. The van der Waals surface area contributed by atoms with Gasteiger partial charge in [-0.2, -0.15) is 0 Å². The van der Waals surface area contributed by atoms with Gasteiger partial charge in [0, 0.05) is 19.9 Å². The first-order valence-electron chi connectivity index (χ1n) is 4.66. The summed E-state index contributed by atoms with van der Waals surface area (Å²) in [5.41, 5.74) is 1.62. The van der Waals surface area contributed by atoms with Crippen LogP contribution in [0.2, 0.25) is 0 Å². The summed E-state index contributed by atoms with van der Waals surface area (Å²) >= 11 is 5.36. The molecule has 0 aliphatic rings. The minimum absolute atomic E-state index is 0.232. The summed E-state index contributed by atoms with van der Waals surface area (Å²) in [6, 6.07) is 6.73. The largest absolute Gasteiger partial charge is 0.143 e. The molecular formula is C12H13BrS. The summed E-state index contributed by atoms with van der Waals surface area (Å²) in [4.78, 5) is 0. The molecule has 0 aliphatic carbocycles. The van der Waals surface area contributed by atoms with E-state index in [4.69, 9.17) is 0 Å². The van der Waals surface area contributed by atoms with E-state index in [2.05, 4.69) is 60.3 Å². The van der Waals surface area contributed by atoms with Crippen LogP contribution in [0.1, 0.15) is 26.3 Å². The molecule has 0 bridgehead atoms. The molecule has 2 heteroatoms. The molecule has 0 N–H and O–H groups in total. The van der Waals surface area contributed by atoms with Crippen molar-refractivity contribution < 1.29 is 0 Å². The van der Waals surface area contributed by atoms with Gasteiger partial charge >= 0.3 is 0 Å². The maximum absolute atomic E-state index is 3.58. The zero-order valence-electron chi connectivity index (χ0n) is 8.60. The highest BCUT2D eigenvalue weighted by Crippen LogP contribution is 2.33. The van der Waals surface area contributed by atoms with Crippen LogP contribution in [-0.4, -0.2) is 0 Å². The number of hydrogen-bond acceptors (Lipinski definition) is 1. The summed E-state index contributed by atoms with van der Waals surface area (Å²) in [5, 5.41) is 3.49. The second-order valence-electron chi connectivity index (χ2n) is 4.54. The van der Waals surface area contributed by atoms with Gasteiger partial charge in [0.25, 0.3) is 0 Å². The van der Waals surface area contributed by atoms with Crippen molar-refractivity contribution in [1.82, 2.24) is 0 Å². The van der Waals surface area contributed by atoms with E-state index in [0.717, 1.165) is 0 Å². The minimum atomic E-state index is 0.232. The fourth-order valence-corrected chi connectivity index (χ4v) is 3.00. The highest BCUT2D eigenvalue weighted by Gasteiger charge is 2.14. The van der Waals surface area contributed by atoms with Gasteiger partial charge in [0.15, 0.2) is 0 Å². The molecule has 2 rings (SSSR count). The molecule has 0 saturated carbocycles.